The van der Waals surface area contributed by atoms with Gasteiger partial charge in [-0.2, -0.15) is 5.10 Å². The Bertz CT molecular complexity index is 918. The number of piperidine rings is 1. The zero-order valence-electron chi connectivity index (χ0n) is 15.8. The Kier molecular flexibility index (Phi) is 3.92. The van der Waals surface area contributed by atoms with Crippen molar-refractivity contribution in [2.75, 3.05) is 13.1 Å². The standard InChI is InChI=1S/C21H25N5O2/c22-19(27)16-13-26(15-6-2-1-3-7-15)24-18(16)14-5-4-10-25(12-14)20(28)23-17-11-21(17)8-9-21/h1-3,6-7,13-14,17H,4-5,8-12H2,(H2,22,27)(H,23,28). The molecule has 2 aromatic rings. The highest BCUT2D eigenvalue weighted by atomic mass is 16.2. The molecule has 146 valence electrons. The van der Waals surface area contributed by atoms with Gasteiger partial charge in [0, 0.05) is 31.2 Å². The number of urea groups is 1. The summed E-state index contributed by atoms with van der Waals surface area (Å²) in [6, 6.07) is 10.0. The van der Waals surface area contributed by atoms with Gasteiger partial charge in [-0.15, -0.1) is 0 Å². The quantitative estimate of drug-likeness (QED) is 0.854. The normalized spacial score (nSPS) is 24.8. The molecule has 2 aliphatic carbocycles. The van der Waals surface area contributed by atoms with Gasteiger partial charge in [-0.05, 0) is 49.7 Å². The molecule has 0 bridgehead atoms. The molecule has 1 aliphatic heterocycles. The number of carbonyl (C=O) groups is 2. The largest absolute Gasteiger partial charge is 0.365 e. The molecular formula is C21H25N5O2. The molecule has 7 heteroatoms. The minimum absolute atomic E-state index is 0.0149. The number of nitrogens with one attached hydrogen (secondary N) is 1. The van der Waals surface area contributed by atoms with E-state index in [1.165, 1.54) is 12.8 Å². The Morgan fingerprint density at radius 1 is 1.21 bits per heavy atom. The number of hydrogen-bond donors (Lipinski definition) is 2. The highest BCUT2D eigenvalue weighted by molar-refractivity contribution is 5.94. The van der Waals surface area contributed by atoms with E-state index >= 15 is 0 Å². The van der Waals surface area contributed by atoms with Crippen LogP contribution in [0.25, 0.3) is 5.69 Å². The fourth-order valence-electron chi connectivity index (χ4n) is 4.48. The molecule has 1 spiro atoms. The summed E-state index contributed by atoms with van der Waals surface area (Å²) < 4.78 is 1.70. The van der Waals surface area contributed by atoms with Gasteiger partial charge in [0.15, 0.2) is 0 Å². The van der Waals surface area contributed by atoms with Crippen molar-refractivity contribution in [1.82, 2.24) is 20.0 Å². The molecule has 28 heavy (non-hydrogen) atoms. The third-order valence-electron chi connectivity index (χ3n) is 6.50. The molecule has 2 atom stereocenters. The minimum atomic E-state index is -0.479. The van der Waals surface area contributed by atoms with Crippen LogP contribution in [0, 0.1) is 5.41 Å². The minimum Gasteiger partial charge on any atom is -0.365 e. The molecule has 0 radical (unpaired) electrons. The van der Waals surface area contributed by atoms with E-state index in [0.29, 0.717) is 29.3 Å². The molecule has 3 N–H and O–H groups in total. The lowest BCUT2D eigenvalue weighted by Gasteiger charge is -2.32. The fraction of sp³-hybridized carbons (Fsp3) is 0.476. The predicted octanol–water partition coefficient (Wildman–Crippen LogP) is 2.41. The van der Waals surface area contributed by atoms with Crippen LogP contribution in [0.5, 0.6) is 0 Å². The molecule has 1 saturated heterocycles. The summed E-state index contributed by atoms with van der Waals surface area (Å²) in [5, 5.41) is 7.87. The number of likely N-dealkylation sites (tertiary alicyclic amines) is 1. The summed E-state index contributed by atoms with van der Waals surface area (Å²) in [7, 11) is 0. The van der Waals surface area contributed by atoms with Crippen molar-refractivity contribution < 1.29 is 9.59 Å². The fourth-order valence-corrected chi connectivity index (χ4v) is 4.48. The second-order valence-electron chi connectivity index (χ2n) is 8.43. The average molecular weight is 379 g/mol. The van der Waals surface area contributed by atoms with Gasteiger partial charge in [-0.1, -0.05) is 18.2 Å². The summed E-state index contributed by atoms with van der Waals surface area (Å²) in [5.41, 5.74) is 8.09. The third-order valence-corrected chi connectivity index (χ3v) is 6.50. The van der Waals surface area contributed by atoms with Crippen LogP contribution < -0.4 is 11.1 Å². The van der Waals surface area contributed by atoms with Crippen LogP contribution in [0.3, 0.4) is 0 Å². The first-order chi connectivity index (χ1) is 13.6. The topological polar surface area (TPSA) is 93.2 Å². The van der Waals surface area contributed by atoms with Crippen LogP contribution in [0.1, 0.15) is 54.1 Å². The zero-order chi connectivity index (χ0) is 19.3. The Morgan fingerprint density at radius 3 is 2.68 bits per heavy atom. The Labute approximate surface area is 163 Å². The molecule has 1 aromatic carbocycles. The molecule has 2 heterocycles. The van der Waals surface area contributed by atoms with Gasteiger partial charge in [-0.3, -0.25) is 4.79 Å². The second-order valence-corrected chi connectivity index (χ2v) is 8.43. The summed E-state index contributed by atoms with van der Waals surface area (Å²) in [5.74, 6) is -0.464. The molecular weight excluding hydrogens is 354 g/mol. The number of aromatic nitrogens is 2. The summed E-state index contributed by atoms with van der Waals surface area (Å²) in [6.07, 6.45) is 7.11. The van der Waals surface area contributed by atoms with Crippen LogP contribution >= 0.6 is 0 Å². The van der Waals surface area contributed by atoms with E-state index in [2.05, 4.69) is 10.4 Å². The van der Waals surface area contributed by atoms with Crippen molar-refractivity contribution in [3.05, 3.63) is 47.8 Å². The summed E-state index contributed by atoms with van der Waals surface area (Å²) in [6.45, 7) is 1.31. The van der Waals surface area contributed by atoms with E-state index < -0.39 is 5.91 Å². The number of para-hydroxylation sites is 1. The first kappa shape index (κ1) is 17.3. The number of nitrogens with zero attached hydrogens (tertiary/aromatic N) is 3. The average Bonchev–Trinajstić information content (AvgIpc) is 3.58. The molecule has 2 unspecified atom stereocenters. The molecule has 3 aliphatic rings. The van der Waals surface area contributed by atoms with Gasteiger partial charge < -0.3 is 16.0 Å². The number of primary amides is 1. The lowest BCUT2D eigenvalue weighted by Crippen LogP contribution is -2.46. The van der Waals surface area contributed by atoms with Gasteiger partial charge in [0.1, 0.15) is 0 Å². The Hall–Kier alpha value is -2.83. The first-order valence-electron chi connectivity index (χ1n) is 10.1. The van der Waals surface area contributed by atoms with E-state index in [0.717, 1.165) is 31.5 Å². The van der Waals surface area contributed by atoms with Crippen LogP contribution in [0.2, 0.25) is 0 Å². The molecule has 3 fully saturated rings. The molecule has 2 saturated carbocycles. The van der Waals surface area contributed by atoms with Crippen molar-refractivity contribution >= 4 is 11.9 Å². The van der Waals surface area contributed by atoms with Gasteiger partial charge in [0.25, 0.3) is 5.91 Å². The van der Waals surface area contributed by atoms with E-state index in [1.807, 2.05) is 35.2 Å². The Morgan fingerprint density at radius 2 is 2.00 bits per heavy atom. The van der Waals surface area contributed by atoms with Crippen LogP contribution in [0.4, 0.5) is 4.79 Å². The number of rotatable bonds is 4. The zero-order valence-corrected chi connectivity index (χ0v) is 15.8. The maximum absolute atomic E-state index is 12.7. The van der Waals surface area contributed by atoms with Crippen LogP contribution in [-0.4, -0.2) is 45.8 Å². The molecule has 1 aromatic heterocycles. The number of hydrogen-bond acceptors (Lipinski definition) is 3. The van der Waals surface area contributed by atoms with Crippen LogP contribution in [0.15, 0.2) is 36.5 Å². The van der Waals surface area contributed by atoms with E-state index in [1.54, 1.807) is 10.9 Å². The number of benzene rings is 1. The summed E-state index contributed by atoms with van der Waals surface area (Å²) in [4.78, 5) is 26.6. The molecule has 5 rings (SSSR count). The highest BCUT2D eigenvalue weighted by Crippen LogP contribution is 2.65. The van der Waals surface area contributed by atoms with Crippen molar-refractivity contribution in [3.63, 3.8) is 0 Å². The van der Waals surface area contributed by atoms with E-state index in [4.69, 9.17) is 5.73 Å². The monoisotopic (exact) mass is 379 g/mol. The maximum Gasteiger partial charge on any atom is 0.317 e. The van der Waals surface area contributed by atoms with Gasteiger partial charge in [-0.25, -0.2) is 9.48 Å². The van der Waals surface area contributed by atoms with Crippen molar-refractivity contribution in [3.8, 4) is 5.69 Å². The van der Waals surface area contributed by atoms with Gasteiger partial charge in [0.05, 0.1) is 16.9 Å². The lowest BCUT2D eigenvalue weighted by atomic mass is 9.92. The van der Waals surface area contributed by atoms with Crippen molar-refractivity contribution in [2.45, 2.75) is 44.1 Å². The molecule has 3 amide bonds. The highest BCUT2D eigenvalue weighted by Gasteiger charge is 2.63. The third kappa shape index (κ3) is 3.04. The predicted molar refractivity (Wildman–Crippen MR) is 104 cm³/mol. The SMILES string of the molecule is NC(=O)c1cn(-c2ccccc2)nc1C1CCCN(C(=O)NC2CC23CC3)C1. The molecule has 7 nitrogen and oxygen atoms in total. The lowest BCUT2D eigenvalue weighted by molar-refractivity contribution is 0.0998. The van der Waals surface area contributed by atoms with E-state index in [-0.39, 0.29) is 11.9 Å². The second kappa shape index (κ2) is 6.36. The van der Waals surface area contributed by atoms with Gasteiger partial charge >= 0.3 is 6.03 Å². The number of nitrogens with two attached hydrogens (primary N) is 1. The van der Waals surface area contributed by atoms with E-state index in [9.17, 15) is 9.59 Å². The number of amides is 3. The Balaban J connectivity index is 1.35. The maximum atomic E-state index is 12.7. The number of carbonyl (C=O) groups excluding carboxylic acids is 2. The smallest absolute Gasteiger partial charge is 0.317 e. The first-order valence-corrected chi connectivity index (χ1v) is 10.1. The van der Waals surface area contributed by atoms with Crippen LogP contribution in [-0.2, 0) is 0 Å². The van der Waals surface area contributed by atoms with Crippen molar-refractivity contribution in [2.24, 2.45) is 11.1 Å². The van der Waals surface area contributed by atoms with Crippen molar-refractivity contribution in [1.29, 1.82) is 0 Å². The van der Waals surface area contributed by atoms with Gasteiger partial charge in [0.2, 0.25) is 0 Å². The summed E-state index contributed by atoms with van der Waals surface area (Å²) >= 11 is 0.